The summed E-state index contributed by atoms with van der Waals surface area (Å²) in [6.07, 6.45) is 0.530. The molecule has 0 amide bonds. The Hall–Kier alpha value is -1.62. The van der Waals surface area contributed by atoms with Gasteiger partial charge in [0.1, 0.15) is 0 Å². The smallest absolute Gasteiger partial charge is 0.266 e. The molecule has 0 N–H and O–H groups in total. The van der Waals surface area contributed by atoms with Crippen LogP contribution in [-0.2, 0) is 14.3 Å². The standard InChI is InChI=1S/C19H21ClO3S/c1-14(2)19(16-6-8-17(20)9-7-16)12-13-23-24(21,22)18-10-4-15(3)5-11-18/h4-11,19H,1,12-13H2,2-3H3. The topological polar surface area (TPSA) is 43.4 Å². The first-order valence-corrected chi connectivity index (χ1v) is 9.45. The van der Waals surface area contributed by atoms with Crippen molar-refractivity contribution in [2.24, 2.45) is 0 Å². The molecule has 0 heterocycles. The molecule has 0 saturated carbocycles. The molecule has 3 nitrogen and oxygen atoms in total. The van der Waals surface area contributed by atoms with E-state index in [0.29, 0.717) is 11.4 Å². The van der Waals surface area contributed by atoms with E-state index < -0.39 is 10.1 Å². The zero-order chi connectivity index (χ0) is 17.7. The van der Waals surface area contributed by atoms with Crippen LogP contribution in [0.3, 0.4) is 0 Å². The maximum atomic E-state index is 12.2. The Morgan fingerprint density at radius 2 is 1.71 bits per heavy atom. The van der Waals surface area contributed by atoms with Gasteiger partial charge in [-0.15, -0.1) is 0 Å². The Morgan fingerprint density at radius 1 is 1.12 bits per heavy atom. The number of aryl methyl sites for hydroxylation is 1. The lowest BCUT2D eigenvalue weighted by atomic mass is 9.90. The number of rotatable bonds is 7. The summed E-state index contributed by atoms with van der Waals surface area (Å²) < 4.78 is 29.6. The maximum Gasteiger partial charge on any atom is 0.296 e. The van der Waals surface area contributed by atoms with E-state index in [-0.39, 0.29) is 17.4 Å². The lowest BCUT2D eigenvalue weighted by Crippen LogP contribution is -2.11. The van der Waals surface area contributed by atoms with E-state index in [9.17, 15) is 8.42 Å². The summed E-state index contributed by atoms with van der Waals surface area (Å²) in [5, 5.41) is 0.664. The third-order valence-electron chi connectivity index (χ3n) is 3.82. The van der Waals surface area contributed by atoms with Crippen LogP contribution in [0.2, 0.25) is 5.02 Å². The molecule has 0 spiro atoms. The second kappa shape index (κ2) is 7.97. The van der Waals surface area contributed by atoms with Gasteiger partial charge in [-0.1, -0.05) is 53.6 Å². The summed E-state index contributed by atoms with van der Waals surface area (Å²) in [6.45, 7) is 7.92. The molecule has 24 heavy (non-hydrogen) atoms. The highest BCUT2D eigenvalue weighted by molar-refractivity contribution is 7.86. The zero-order valence-electron chi connectivity index (χ0n) is 13.8. The van der Waals surface area contributed by atoms with Gasteiger partial charge in [-0.05, 0) is 50.1 Å². The van der Waals surface area contributed by atoms with E-state index in [1.165, 1.54) is 0 Å². The van der Waals surface area contributed by atoms with Gasteiger partial charge < -0.3 is 0 Å². The van der Waals surface area contributed by atoms with E-state index in [4.69, 9.17) is 15.8 Å². The van der Waals surface area contributed by atoms with Crippen LogP contribution in [-0.4, -0.2) is 15.0 Å². The van der Waals surface area contributed by atoms with Gasteiger partial charge in [0.25, 0.3) is 10.1 Å². The summed E-state index contributed by atoms with van der Waals surface area (Å²) in [5.74, 6) is 0.0236. The van der Waals surface area contributed by atoms with Crippen molar-refractivity contribution < 1.29 is 12.6 Å². The first-order chi connectivity index (χ1) is 11.3. The number of hydrogen-bond acceptors (Lipinski definition) is 3. The van der Waals surface area contributed by atoms with Crippen LogP contribution in [0.4, 0.5) is 0 Å². The largest absolute Gasteiger partial charge is 0.296 e. The number of hydrogen-bond donors (Lipinski definition) is 0. The van der Waals surface area contributed by atoms with Crippen molar-refractivity contribution >= 4 is 21.7 Å². The van der Waals surface area contributed by atoms with E-state index in [1.54, 1.807) is 24.3 Å². The van der Waals surface area contributed by atoms with Crippen LogP contribution in [0.25, 0.3) is 0 Å². The summed E-state index contributed by atoms with van der Waals surface area (Å²) in [4.78, 5) is 0.173. The van der Waals surface area contributed by atoms with Gasteiger partial charge in [0.05, 0.1) is 11.5 Å². The Morgan fingerprint density at radius 3 is 2.25 bits per heavy atom. The maximum absolute atomic E-state index is 12.2. The van der Waals surface area contributed by atoms with E-state index in [1.807, 2.05) is 38.1 Å². The van der Waals surface area contributed by atoms with E-state index in [2.05, 4.69) is 6.58 Å². The highest BCUT2D eigenvalue weighted by Gasteiger charge is 2.18. The normalized spacial score (nSPS) is 12.8. The van der Waals surface area contributed by atoms with Crippen LogP contribution in [0.5, 0.6) is 0 Å². The quantitative estimate of drug-likeness (QED) is 0.506. The van der Waals surface area contributed by atoms with Crippen molar-refractivity contribution in [1.82, 2.24) is 0 Å². The lowest BCUT2D eigenvalue weighted by molar-refractivity contribution is 0.305. The fourth-order valence-electron chi connectivity index (χ4n) is 2.44. The van der Waals surface area contributed by atoms with Crippen LogP contribution < -0.4 is 0 Å². The molecular weight excluding hydrogens is 344 g/mol. The van der Waals surface area contributed by atoms with Gasteiger partial charge in [0, 0.05) is 10.9 Å². The average molecular weight is 365 g/mol. The van der Waals surface area contributed by atoms with Crippen LogP contribution in [0.15, 0.2) is 65.6 Å². The Labute approximate surface area is 149 Å². The van der Waals surface area contributed by atoms with Gasteiger partial charge in [-0.3, -0.25) is 4.18 Å². The second-order valence-electron chi connectivity index (χ2n) is 5.83. The highest BCUT2D eigenvalue weighted by atomic mass is 35.5. The molecule has 0 aliphatic heterocycles. The Kier molecular flexibility index (Phi) is 6.21. The summed E-state index contributed by atoms with van der Waals surface area (Å²) in [7, 11) is -3.74. The minimum atomic E-state index is -3.74. The molecule has 0 radical (unpaired) electrons. The minimum Gasteiger partial charge on any atom is -0.266 e. The predicted molar refractivity (Wildman–Crippen MR) is 97.9 cm³/mol. The second-order valence-corrected chi connectivity index (χ2v) is 7.88. The van der Waals surface area contributed by atoms with Gasteiger partial charge in [0.15, 0.2) is 0 Å². The molecule has 0 aromatic heterocycles. The number of benzene rings is 2. The molecule has 0 aliphatic carbocycles. The lowest BCUT2D eigenvalue weighted by Gasteiger charge is -2.17. The molecule has 1 unspecified atom stereocenters. The summed E-state index contributed by atoms with van der Waals surface area (Å²) in [6, 6.07) is 14.1. The Bertz CT molecular complexity index is 794. The van der Waals surface area contributed by atoms with Gasteiger partial charge in [-0.25, -0.2) is 0 Å². The number of allylic oxidation sites excluding steroid dienone is 1. The molecule has 0 saturated heterocycles. The fraction of sp³-hybridized carbons (Fsp3) is 0.263. The predicted octanol–water partition coefficient (Wildman–Crippen LogP) is 5.10. The molecule has 0 bridgehead atoms. The fourth-order valence-corrected chi connectivity index (χ4v) is 3.49. The van der Waals surface area contributed by atoms with Gasteiger partial charge in [-0.2, -0.15) is 8.42 Å². The molecular formula is C19H21ClO3S. The van der Waals surface area contributed by atoms with Crippen molar-refractivity contribution in [3.63, 3.8) is 0 Å². The SMILES string of the molecule is C=C(C)C(CCOS(=O)(=O)c1ccc(C)cc1)c1ccc(Cl)cc1. The molecule has 0 aliphatic rings. The summed E-state index contributed by atoms with van der Waals surface area (Å²) >= 11 is 5.91. The first-order valence-electron chi connectivity index (χ1n) is 7.66. The molecule has 128 valence electrons. The molecule has 2 aromatic carbocycles. The molecule has 1 atom stereocenters. The average Bonchev–Trinajstić information content (AvgIpc) is 2.53. The van der Waals surface area contributed by atoms with Crippen molar-refractivity contribution in [1.29, 1.82) is 0 Å². The highest BCUT2D eigenvalue weighted by Crippen LogP contribution is 2.28. The molecule has 0 fully saturated rings. The van der Waals surface area contributed by atoms with Gasteiger partial charge >= 0.3 is 0 Å². The van der Waals surface area contributed by atoms with Crippen LogP contribution in [0.1, 0.15) is 30.4 Å². The first kappa shape index (κ1) is 18.7. The van der Waals surface area contributed by atoms with Crippen molar-refractivity contribution in [2.75, 3.05) is 6.61 Å². The third kappa shape index (κ3) is 4.94. The third-order valence-corrected chi connectivity index (χ3v) is 5.40. The van der Waals surface area contributed by atoms with Crippen LogP contribution in [0, 0.1) is 6.92 Å². The Balaban J connectivity index is 2.03. The van der Waals surface area contributed by atoms with E-state index in [0.717, 1.165) is 16.7 Å². The number of halogens is 1. The monoisotopic (exact) mass is 364 g/mol. The zero-order valence-corrected chi connectivity index (χ0v) is 15.4. The molecule has 2 aromatic rings. The summed E-state index contributed by atoms with van der Waals surface area (Å²) in [5.41, 5.74) is 3.00. The van der Waals surface area contributed by atoms with Crippen LogP contribution >= 0.6 is 11.6 Å². The minimum absolute atomic E-state index is 0.0236. The molecule has 2 rings (SSSR count). The van der Waals surface area contributed by atoms with Crippen molar-refractivity contribution in [2.45, 2.75) is 31.1 Å². The van der Waals surface area contributed by atoms with E-state index >= 15 is 0 Å². The molecule has 5 heteroatoms. The van der Waals surface area contributed by atoms with Gasteiger partial charge in [0.2, 0.25) is 0 Å². The van der Waals surface area contributed by atoms with Crippen molar-refractivity contribution in [3.05, 3.63) is 76.8 Å². The van der Waals surface area contributed by atoms with Crippen molar-refractivity contribution in [3.8, 4) is 0 Å².